The number of ether oxygens (including phenoxy) is 2. The van der Waals surface area contributed by atoms with Gasteiger partial charge < -0.3 is 24.6 Å². The van der Waals surface area contributed by atoms with Gasteiger partial charge >= 0.3 is 6.18 Å². The van der Waals surface area contributed by atoms with E-state index in [0.717, 1.165) is 23.2 Å². The molecule has 0 aliphatic carbocycles. The van der Waals surface area contributed by atoms with Gasteiger partial charge in [-0.15, -0.1) is 0 Å². The van der Waals surface area contributed by atoms with Crippen molar-refractivity contribution in [2.24, 2.45) is 5.92 Å². The Morgan fingerprint density at radius 1 is 1.12 bits per heavy atom. The van der Waals surface area contributed by atoms with Crippen molar-refractivity contribution in [2.45, 2.75) is 25.1 Å². The van der Waals surface area contributed by atoms with E-state index in [4.69, 9.17) is 9.47 Å². The number of piperazine rings is 1. The van der Waals surface area contributed by atoms with Crippen molar-refractivity contribution in [3.05, 3.63) is 53.6 Å². The third-order valence-corrected chi connectivity index (χ3v) is 6.64. The third-order valence-electron chi connectivity index (χ3n) is 6.64. The van der Waals surface area contributed by atoms with Crippen LogP contribution in [0.2, 0.25) is 0 Å². The lowest BCUT2D eigenvalue weighted by atomic mass is 9.82. The highest BCUT2D eigenvalue weighted by Gasteiger charge is 2.42. The number of anilines is 2. The molecule has 2 aliphatic rings. The summed E-state index contributed by atoms with van der Waals surface area (Å²) in [6.07, 6.45) is -3.47. The van der Waals surface area contributed by atoms with Crippen LogP contribution in [-0.4, -0.2) is 59.0 Å². The lowest BCUT2D eigenvalue weighted by Gasteiger charge is -2.49. The van der Waals surface area contributed by atoms with Crippen molar-refractivity contribution in [3.8, 4) is 5.75 Å². The summed E-state index contributed by atoms with van der Waals surface area (Å²) in [5.41, 5.74) is 1.70. The van der Waals surface area contributed by atoms with Crippen LogP contribution in [0.1, 0.15) is 17.5 Å². The molecule has 0 saturated carbocycles. The van der Waals surface area contributed by atoms with Crippen LogP contribution in [-0.2, 0) is 22.1 Å². The SMILES string of the molecule is COCCCNC(=O)[C@@H]1Cc2cc(C(F)(F)F)ccc2N2CCN(c3ccc(OC)cc3)C[C@H]12. The highest BCUT2D eigenvalue weighted by atomic mass is 19.4. The van der Waals surface area contributed by atoms with Gasteiger partial charge in [-0.05, 0) is 60.9 Å². The van der Waals surface area contributed by atoms with Gasteiger partial charge in [0, 0.05) is 51.3 Å². The average Bonchev–Trinajstić information content (AvgIpc) is 2.84. The fourth-order valence-corrected chi connectivity index (χ4v) is 4.89. The number of alkyl halides is 3. The molecular formula is C25H30F3N3O3. The summed E-state index contributed by atoms with van der Waals surface area (Å²) >= 11 is 0. The highest BCUT2D eigenvalue weighted by molar-refractivity contribution is 5.82. The van der Waals surface area contributed by atoms with Gasteiger partial charge in [-0.1, -0.05) is 0 Å². The lowest BCUT2D eigenvalue weighted by Crippen LogP contribution is -2.61. The summed E-state index contributed by atoms with van der Waals surface area (Å²) in [6.45, 7) is 2.91. The maximum atomic E-state index is 13.4. The predicted molar refractivity (Wildman–Crippen MR) is 124 cm³/mol. The van der Waals surface area contributed by atoms with Crippen molar-refractivity contribution in [2.75, 3.05) is 56.8 Å². The first-order valence-electron chi connectivity index (χ1n) is 11.4. The molecule has 0 bridgehead atoms. The summed E-state index contributed by atoms with van der Waals surface area (Å²) in [5, 5.41) is 2.96. The maximum absolute atomic E-state index is 13.4. The van der Waals surface area contributed by atoms with Gasteiger partial charge in [-0.2, -0.15) is 13.2 Å². The number of nitrogens with zero attached hydrogens (tertiary/aromatic N) is 2. The summed E-state index contributed by atoms with van der Waals surface area (Å²) in [4.78, 5) is 17.5. The molecule has 2 atom stereocenters. The minimum absolute atomic E-state index is 0.134. The number of benzene rings is 2. The first-order valence-corrected chi connectivity index (χ1v) is 11.4. The van der Waals surface area contributed by atoms with Crippen molar-refractivity contribution in [3.63, 3.8) is 0 Å². The number of carbonyl (C=O) groups is 1. The van der Waals surface area contributed by atoms with E-state index in [-0.39, 0.29) is 18.4 Å². The number of fused-ring (bicyclic) bond motifs is 3. The second-order valence-electron chi connectivity index (χ2n) is 8.69. The quantitative estimate of drug-likeness (QED) is 0.616. The van der Waals surface area contributed by atoms with E-state index in [1.807, 2.05) is 24.3 Å². The number of methoxy groups -OCH3 is 2. The topological polar surface area (TPSA) is 54.0 Å². The Hall–Kier alpha value is -2.94. The fraction of sp³-hybridized carbons (Fsp3) is 0.480. The zero-order valence-electron chi connectivity index (χ0n) is 19.4. The van der Waals surface area contributed by atoms with E-state index in [9.17, 15) is 18.0 Å². The van der Waals surface area contributed by atoms with E-state index in [2.05, 4.69) is 15.1 Å². The first-order chi connectivity index (χ1) is 16.3. The Kier molecular flexibility index (Phi) is 7.21. The zero-order chi connectivity index (χ0) is 24.3. The van der Waals surface area contributed by atoms with E-state index >= 15 is 0 Å². The van der Waals surface area contributed by atoms with Gasteiger partial charge in [0.25, 0.3) is 0 Å². The molecule has 4 rings (SSSR count). The third kappa shape index (κ3) is 5.09. The molecular weight excluding hydrogens is 447 g/mol. The molecule has 0 radical (unpaired) electrons. The van der Waals surface area contributed by atoms with Crippen molar-refractivity contribution in [1.29, 1.82) is 0 Å². The van der Waals surface area contributed by atoms with E-state index in [0.29, 0.717) is 44.8 Å². The molecule has 0 aromatic heterocycles. The minimum Gasteiger partial charge on any atom is -0.497 e. The average molecular weight is 478 g/mol. The van der Waals surface area contributed by atoms with Gasteiger partial charge in [0.1, 0.15) is 5.75 Å². The number of hydrogen-bond donors (Lipinski definition) is 1. The Bertz CT molecular complexity index is 997. The molecule has 2 aliphatic heterocycles. The lowest BCUT2D eigenvalue weighted by molar-refractivity contribution is -0.137. The Morgan fingerprint density at radius 2 is 1.88 bits per heavy atom. The monoisotopic (exact) mass is 477 g/mol. The second kappa shape index (κ2) is 10.1. The van der Waals surface area contributed by atoms with Gasteiger partial charge in [0.15, 0.2) is 0 Å². The molecule has 9 heteroatoms. The van der Waals surface area contributed by atoms with Crippen molar-refractivity contribution in [1.82, 2.24) is 5.32 Å². The Balaban J connectivity index is 1.61. The normalized spacial score (nSPS) is 19.9. The molecule has 0 spiro atoms. The van der Waals surface area contributed by atoms with Gasteiger partial charge in [-0.25, -0.2) is 0 Å². The van der Waals surface area contributed by atoms with Crippen LogP contribution in [0, 0.1) is 5.92 Å². The van der Waals surface area contributed by atoms with Crippen LogP contribution in [0.5, 0.6) is 5.75 Å². The number of nitrogens with one attached hydrogen (secondary N) is 1. The van der Waals surface area contributed by atoms with E-state index in [1.54, 1.807) is 20.3 Å². The number of amides is 1. The van der Waals surface area contributed by atoms with Crippen molar-refractivity contribution < 1.29 is 27.4 Å². The molecule has 1 amide bonds. The molecule has 2 aromatic carbocycles. The van der Waals surface area contributed by atoms with Gasteiger partial charge in [-0.3, -0.25) is 4.79 Å². The molecule has 0 unspecified atom stereocenters. The highest BCUT2D eigenvalue weighted by Crippen LogP contribution is 2.40. The Morgan fingerprint density at radius 3 is 2.56 bits per heavy atom. The fourth-order valence-electron chi connectivity index (χ4n) is 4.89. The van der Waals surface area contributed by atoms with E-state index in [1.165, 1.54) is 6.07 Å². The van der Waals surface area contributed by atoms with Crippen LogP contribution >= 0.6 is 0 Å². The number of halogens is 3. The molecule has 184 valence electrons. The van der Waals surface area contributed by atoms with Crippen LogP contribution in [0.25, 0.3) is 0 Å². The van der Waals surface area contributed by atoms with Gasteiger partial charge in [0.2, 0.25) is 5.91 Å². The molecule has 2 heterocycles. The summed E-state index contributed by atoms with van der Waals surface area (Å²) in [5.74, 6) is 0.174. The molecule has 2 aromatic rings. The van der Waals surface area contributed by atoms with Crippen LogP contribution < -0.4 is 19.9 Å². The molecule has 34 heavy (non-hydrogen) atoms. The number of hydrogen-bond acceptors (Lipinski definition) is 5. The standard InChI is InChI=1S/C25H30F3N3O3/c1-33-13-3-10-29-24(32)21-15-17-14-18(25(26,27)28)4-9-22(17)31-12-11-30(16-23(21)31)19-5-7-20(34-2)8-6-19/h4-9,14,21,23H,3,10-13,15-16H2,1-2H3,(H,29,32)/t21-,23-/m1/s1. The van der Waals surface area contributed by atoms with E-state index < -0.39 is 17.7 Å². The second-order valence-corrected chi connectivity index (χ2v) is 8.69. The van der Waals surface area contributed by atoms with Crippen LogP contribution in [0.15, 0.2) is 42.5 Å². The van der Waals surface area contributed by atoms with Crippen LogP contribution in [0.4, 0.5) is 24.5 Å². The molecule has 1 fully saturated rings. The maximum Gasteiger partial charge on any atom is 0.416 e. The van der Waals surface area contributed by atoms with Crippen molar-refractivity contribution >= 4 is 17.3 Å². The zero-order valence-corrected chi connectivity index (χ0v) is 19.4. The van der Waals surface area contributed by atoms with Gasteiger partial charge in [0.05, 0.1) is 24.6 Å². The summed E-state index contributed by atoms with van der Waals surface area (Å²) in [7, 11) is 3.22. The smallest absolute Gasteiger partial charge is 0.416 e. The first kappa shape index (κ1) is 24.2. The number of carbonyl (C=O) groups excluding carboxylic acids is 1. The molecule has 6 nitrogen and oxygen atoms in total. The minimum atomic E-state index is -4.42. The largest absolute Gasteiger partial charge is 0.497 e. The van der Waals surface area contributed by atoms with Crippen LogP contribution in [0.3, 0.4) is 0 Å². The molecule has 1 N–H and O–H groups in total. The summed E-state index contributed by atoms with van der Waals surface area (Å²) < 4.78 is 50.4. The molecule has 1 saturated heterocycles. The number of rotatable bonds is 7. The Labute approximate surface area is 197 Å². The summed E-state index contributed by atoms with van der Waals surface area (Å²) in [6, 6.07) is 11.5. The predicted octanol–water partition coefficient (Wildman–Crippen LogP) is 3.73.